The molecule has 0 aliphatic heterocycles. The van der Waals surface area contributed by atoms with Crippen molar-refractivity contribution in [2.75, 3.05) is 18.6 Å². The number of aromatic carboxylic acids is 1. The molecular formula is C23H21F2N3O6S. The average molecular weight is 505 g/mol. The molecule has 0 saturated carbocycles. The number of rotatable bonds is 9. The van der Waals surface area contributed by atoms with Crippen molar-refractivity contribution < 1.29 is 33.1 Å². The van der Waals surface area contributed by atoms with E-state index in [-0.39, 0.29) is 29.4 Å². The lowest BCUT2D eigenvalue weighted by atomic mass is 10.0. The van der Waals surface area contributed by atoms with Gasteiger partial charge in [-0.2, -0.15) is 0 Å². The van der Waals surface area contributed by atoms with Gasteiger partial charge in [0, 0.05) is 34.7 Å². The van der Waals surface area contributed by atoms with Crippen LogP contribution in [0.2, 0.25) is 0 Å². The lowest BCUT2D eigenvalue weighted by Gasteiger charge is -2.22. The minimum absolute atomic E-state index is 0.0541. The van der Waals surface area contributed by atoms with Crippen molar-refractivity contribution in [2.24, 2.45) is 0 Å². The molecule has 0 fully saturated rings. The number of carbonyl (C=O) groups excluding carboxylic acids is 1. The number of thiophene rings is 1. The Bertz CT molecular complexity index is 1240. The molecule has 0 aliphatic carbocycles. The summed E-state index contributed by atoms with van der Waals surface area (Å²) in [4.78, 5) is 37.0. The monoisotopic (exact) mass is 505 g/mol. The molecule has 9 nitrogen and oxygen atoms in total. The summed E-state index contributed by atoms with van der Waals surface area (Å²) in [7, 11) is 1.60. The molecule has 2 aromatic carbocycles. The smallest absolute Gasteiger partial charge is 0.415 e. The lowest BCUT2D eigenvalue weighted by molar-refractivity contribution is -0.384. The van der Waals surface area contributed by atoms with Gasteiger partial charge in [-0.05, 0) is 43.8 Å². The third-order valence-electron chi connectivity index (χ3n) is 5.01. The summed E-state index contributed by atoms with van der Waals surface area (Å²) in [5.41, 5.74) is -0.0557. The molecule has 0 saturated heterocycles. The molecule has 184 valence electrons. The van der Waals surface area contributed by atoms with E-state index in [4.69, 9.17) is 4.74 Å². The Hall–Kier alpha value is -3.90. The van der Waals surface area contributed by atoms with E-state index in [2.05, 4.69) is 5.32 Å². The Morgan fingerprint density at radius 2 is 1.77 bits per heavy atom. The number of benzene rings is 2. The van der Waals surface area contributed by atoms with Gasteiger partial charge in [-0.15, -0.1) is 11.3 Å². The Labute approximate surface area is 202 Å². The number of nitro benzene ring substituents is 1. The van der Waals surface area contributed by atoms with E-state index in [0.717, 1.165) is 28.4 Å². The number of ether oxygens (including phenoxy) is 1. The SMILES string of the molecule is CCOC(=O)N(Cc1c(F)cccc1F)c1sc(-c2ccc([N+](=O)[O-])cc2)c(CNC)c1C(=O)O. The minimum atomic E-state index is -1.36. The molecular weight excluding hydrogens is 484 g/mol. The molecule has 1 aromatic heterocycles. The number of halogens is 2. The topological polar surface area (TPSA) is 122 Å². The van der Waals surface area contributed by atoms with Crippen LogP contribution in [0.3, 0.4) is 0 Å². The van der Waals surface area contributed by atoms with Crippen molar-refractivity contribution in [3.63, 3.8) is 0 Å². The number of hydrogen-bond donors (Lipinski definition) is 2. The van der Waals surface area contributed by atoms with Crippen LogP contribution in [0.25, 0.3) is 10.4 Å². The fourth-order valence-electron chi connectivity index (χ4n) is 3.44. The first-order chi connectivity index (χ1) is 16.7. The molecule has 0 spiro atoms. The van der Waals surface area contributed by atoms with Crippen LogP contribution in [-0.4, -0.2) is 35.7 Å². The van der Waals surface area contributed by atoms with Gasteiger partial charge in [0.25, 0.3) is 5.69 Å². The summed E-state index contributed by atoms with van der Waals surface area (Å²) in [6.45, 7) is 0.953. The van der Waals surface area contributed by atoms with Gasteiger partial charge in [-0.3, -0.25) is 15.0 Å². The quantitative estimate of drug-likeness (QED) is 0.303. The minimum Gasteiger partial charge on any atom is -0.478 e. The van der Waals surface area contributed by atoms with Crippen molar-refractivity contribution in [2.45, 2.75) is 20.0 Å². The fraction of sp³-hybridized carbons (Fsp3) is 0.217. The van der Waals surface area contributed by atoms with Crippen LogP contribution in [0.4, 0.5) is 24.3 Å². The van der Waals surface area contributed by atoms with Crippen LogP contribution in [0.15, 0.2) is 42.5 Å². The van der Waals surface area contributed by atoms with Crippen molar-refractivity contribution in [3.8, 4) is 10.4 Å². The number of non-ortho nitro benzene ring substituents is 1. The first-order valence-corrected chi connectivity index (χ1v) is 11.2. The molecule has 3 rings (SSSR count). The van der Waals surface area contributed by atoms with Gasteiger partial charge in [-0.1, -0.05) is 6.07 Å². The molecule has 0 unspecified atom stereocenters. The number of anilines is 1. The Morgan fingerprint density at radius 3 is 2.29 bits per heavy atom. The zero-order valence-corrected chi connectivity index (χ0v) is 19.5. The molecule has 1 heterocycles. The number of amides is 1. The lowest BCUT2D eigenvalue weighted by Crippen LogP contribution is -2.32. The van der Waals surface area contributed by atoms with Crippen molar-refractivity contribution in [1.29, 1.82) is 0 Å². The average Bonchev–Trinajstić information content (AvgIpc) is 3.18. The van der Waals surface area contributed by atoms with Gasteiger partial charge in [-0.25, -0.2) is 18.4 Å². The Balaban J connectivity index is 2.23. The van der Waals surface area contributed by atoms with E-state index < -0.39 is 40.7 Å². The number of carboxylic acid groups (broad SMARTS) is 1. The molecule has 0 atom stereocenters. The van der Waals surface area contributed by atoms with Gasteiger partial charge >= 0.3 is 12.1 Å². The highest BCUT2D eigenvalue weighted by molar-refractivity contribution is 7.20. The normalized spacial score (nSPS) is 10.7. The first kappa shape index (κ1) is 25.7. The molecule has 2 N–H and O–H groups in total. The molecule has 35 heavy (non-hydrogen) atoms. The van der Waals surface area contributed by atoms with Crippen LogP contribution in [0.1, 0.15) is 28.4 Å². The van der Waals surface area contributed by atoms with Crippen molar-refractivity contribution in [1.82, 2.24) is 5.32 Å². The number of nitrogens with one attached hydrogen (secondary N) is 1. The highest BCUT2D eigenvalue weighted by Crippen LogP contribution is 2.43. The maximum atomic E-state index is 14.4. The largest absolute Gasteiger partial charge is 0.478 e. The number of nitrogens with zero attached hydrogens (tertiary/aromatic N) is 2. The molecule has 0 radical (unpaired) electrons. The highest BCUT2D eigenvalue weighted by atomic mass is 32.1. The molecule has 0 bridgehead atoms. The predicted molar refractivity (Wildman–Crippen MR) is 126 cm³/mol. The second kappa shape index (κ2) is 11.0. The summed E-state index contributed by atoms with van der Waals surface area (Å²) in [5, 5.41) is 23.9. The molecule has 3 aromatic rings. The summed E-state index contributed by atoms with van der Waals surface area (Å²) in [6, 6.07) is 8.71. The summed E-state index contributed by atoms with van der Waals surface area (Å²) < 4.78 is 33.9. The first-order valence-electron chi connectivity index (χ1n) is 10.3. The van der Waals surface area contributed by atoms with E-state index >= 15 is 0 Å². The van der Waals surface area contributed by atoms with Crippen LogP contribution >= 0.6 is 11.3 Å². The third-order valence-corrected chi connectivity index (χ3v) is 6.31. The molecule has 12 heteroatoms. The predicted octanol–water partition coefficient (Wildman–Crippen LogP) is 5.18. The standard InChI is InChI=1S/C23H21F2N3O6S/c1-3-34-23(31)27(12-16-17(24)5-4-6-18(16)25)21-19(22(29)30)15(11-26-2)20(35-21)13-7-9-14(10-8-13)28(32)33/h4-10,26H,3,11-12H2,1-2H3,(H,29,30). The van der Waals surface area contributed by atoms with E-state index in [1.54, 1.807) is 14.0 Å². The summed E-state index contributed by atoms with van der Waals surface area (Å²) in [6.07, 6.45) is -0.981. The summed E-state index contributed by atoms with van der Waals surface area (Å²) >= 11 is 0.905. The van der Waals surface area contributed by atoms with E-state index in [1.165, 1.54) is 30.3 Å². The number of carboxylic acids is 1. The van der Waals surface area contributed by atoms with Crippen molar-refractivity contribution in [3.05, 3.63) is 80.9 Å². The second-order valence-electron chi connectivity index (χ2n) is 7.21. The van der Waals surface area contributed by atoms with Crippen LogP contribution in [0.5, 0.6) is 0 Å². The van der Waals surface area contributed by atoms with Crippen molar-refractivity contribution >= 4 is 34.1 Å². The highest BCUT2D eigenvalue weighted by Gasteiger charge is 2.32. The molecule has 1 amide bonds. The van der Waals surface area contributed by atoms with E-state index in [9.17, 15) is 33.6 Å². The number of hydrogen-bond acceptors (Lipinski definition) is 7. The zero-order chi connectivity index (χ0) is 25.7. The fourth-order valence-corrected chi connectivity index (χ4v) is 4.74. The Morgan fingerprint density at radius 1 is 1.14 bits per heavy atom. The third kappa shape index (κ3) is 5.44. The van der Waals surface area contributed by atoms with Gasteiger partial charge < -0.3 is 15.2 Å². The van der Waals surface area contributed by atoms with Crippen LogP contribution < -0.4 is 10.2 Å². The Kier molecular flexibility index (Phi) is 8.10. The van der Waals surface area contributed by atoms with Gasteiger partial charge in [0.05, 0.1) is 23.6 Å². The van der Waals surface area contributed by atoms with E-state index in [1.807, 2.05) is 0 Å². The second-order valence-corrected chi connectivity index (χ2v) is 8.21. The molecule has 0 aliphatic rings. The van der Waals surface area contributed by atoms with Gasteiger partial charge in [0.1, 0.15) is 16.6 Å². The number of nitro groups is 1. The maximum absolute atomic E-state index is 14.4. The zero-order valence-electron chi connectivity index (χ0n) is 18.7. The van der Waals surface area contributed by atoms with E-state index in [0.29, 0.717) is 16.0 Å². The number of carbonyl (C=O) groups is 2. The maximum Gasteiger partial charge on any atom is 0.415 e. The summed E-state index contributed by atoms with van der Waals surface area (Å²) in [5.74, 6) is -3.17. The van der Waals surface area contributed by atoms with Crippen LogP contribution in [-0.2, 0) is 17.8 Å². The van der Waals surface area contributed by atoms with Gasteiger partial charge in [0.2, 0.25) is 0 Å². The van der Waals surface area contributed by atoms with Gasteiger partial charge in [0.15, 0.2) is 0 Å². The van der Waals surface area contributed by atoms with Crippen LogP contribution in [0, 0.1) is 21.7 Å².